The zero-order valence-corrected chi connectivity index (χ0v) is 15.6. The van der Waals surface area contributed by atoms with Crippen LogP contribution >= 0.6 is 0 Å². The maximum Gasteiger partial charge on any atom is 0.248 e. The largest absolute Gasteiger partial charge is 0.375 e. The number of piperidine rings is 1. The highest BCUT2D eigenvalue weighted by atomic mass is 16.5. The lowest BCUT2D eigenvalue weighted by Crippen LogP contribution is -2.44. The van der Waals surface area contributed by atoms with Crippen LogP contribution in [-0.2, 0) is 20.9 Å². The van der Waals surface area contributed by atoms with E-state index in [2.05, 4.69) is 10.1 Å². The molecule has 1 aliphatic heterocycles. The minimum Gasteiger partial charge on any atom is -0.375 e. The summed E-state index contributed by atoms with van der Waals surface area (Å²) < 4.78 is 10.3. The monoisotopic (exact) mass is 372 g/mol. The van der Waals surface area contributed by atoms with E-state index in [1.54, 1.807) is 29.2 Å². The third-order valence-electron chi connectivity index (χ3n) is 4.77. The maximum atomic E-state index is 12.7. The Morgan fingerprint density at radius 1 is 1.30 bits per heavy atom. The van der Waals surface area contributed by atoms with E-state index >= 15 is 0 Å². The number of amides is 2. The number of rotatable bonds is 6. The first-order chi connectivity index (χ1) is 13.1. The molecule has 8 heteroatoms. The Balaban J connectivity index is 1.53. The highest BCUT2D eigenvalue weighted by molar-refractivity contribution is 5.80. The molecule has 0 unspecified atom stereocenters. The van der Waals surface area contributed by atoms with Crippen molar-refractivity contribution >= 4 is 11.8 Å². The number of aromatic nitrogens is 2. The van der Waals surface area contributed by atoms with Crippen LogP contribution in [0.1, 0.15) is 18.6 Å². The number of carbonyl (C=O) groups is 2. The van der Waals surface area contributed by atoms with Crippen LogP contribution in [0.25, 0.3) is 11.3 Å². The van der Waals surface area contributed by atoms with Crippen molar-refractivity contribution in [3.05, 3.63) is 36.4 Å². The predicted molar refractivity (Wildman–Crippen MR) is 97.4 cm³/mol. The fourth-order valence-electron chi connectivity index (χ4n) is 3.26. The van der Waals surface area contributed by atoms with Gasteiger partial charge in [-0.25, -0.2) is 0 Å². The minimum atomic E-state index is -0.0795. The summed E-state index contributed by atoms with van der Waals surface area (Å²) in [5, 5.41) is 4.06. The smallest absolute Gasteiger partial charge is 0.248 e. The van der Waals surface area contributed by atoms with Gasteiger partial charge in [-0.15, -0.1) is 0 Å². The molecule has 0 N–H and O–H groups in total. The van der Waals surface area contributed by atoms with E-state index in [1.807, 2.05) is 18.2 Å². The van der Waals surface area contributed by atoms with Gasteiger partial charge in [0.25, 0.3) is 0 Å². The average Bonchev–Trinajstić information content (AvgIpc) is 3.17. The quantitative estimate of drug-likeness (QED) is 0.765. The van der Waals surface area contributed by atoms with Gasteiger partial charge in [0, 0.05) is 57.2 Å². The topological polar surface area (TPSA) is 88.8 Å². The number of nitrogens with zero attached hydrogens (tertiary/aromatic N) is 4. The van der Waals surface area contributed by atoms with Crippen molar-refractivity contribution in [3.63, 3.8) is 0 Å². The van der Waals surface area contributed by atoms with Gasteiger partial charge < -0.3 is 19.1 Å². The second-order valence-corrected chi connectivity index (χ2v) is 6.70. The molecule has 2 aromatic heterocycles. The van der Waals surface area contributed by atoms with Gasteiger partial charge >= 0.3 is 0 Å². The van der Waals surface area contributed by atoms with Gasteiger partial charge in [-0.3, -0.25) is 14.6 Å². The number of likely N-dealkylation sites (tertiary alicyclic amines) is 1. The fraction of sp³-hybridized carbons (Fsp3) is 0.474. The first-order valence-electron chi connectivity index (χ1n) is 8.96. The van der Waals surface area contributed by atoms with E-state index in [4.69, 9.17) is 9.26 Å². The van der Waals surface area contributed by atoms with E-state index in [9.17, 15) is 9.59 Å². The molecule has 0 radical (unpaired) electrons. The molecule has 27 heavy (non-hydrogen) atoms. The summed E-state index contributed by atoms with van der Waals surface area (Å²) in [7, 11) is 3.27. The molecule has 2 aromatic rings. The van der Waals surface area contributed by atoms with Crippen molar-refractivity contribution in [2.75, 3.05) is 33.9 Å². The summed E-state index contributed by atoms with van der Waals surface area (Å²) in [5.74, 6) is 0.590. The van der Waals surface area contributed by atoms with Gasteiger partial charge in [-0.1, -0.05) is 5.16 Å². The van der Waals surface area contributed by atoms with Crippen LogP contribution in [-0.4, -0.2) is 65.6 Å². The van der Waals surface area contributed by atoms with Crippen molar-refractivity contribution in [1.82, 2.24) is 19.9 Å². The molecule has 0 bridgehead atoms. The third kappa shape index (κ3) is 4.71. The molecule has 1 fully saturated rings. The highest BCUT2D eigenvalue weighted by Crippen LogP contribution is 2.22. The molecular formula is C19H24N4O4. The molecule has 1 saturated heterocycles. The molecule has 8 nitrogen and oxygen atoms in total. The van der Waals surface area contributed by atoms with Crippen LogP contribution < -0.4 is 0 Å². The second kappa shape index (κ2) is 8.77. The molecule has 0 saturated carbocycles. The first-order valence-corrected chi connectivity index (χ1v) is 8.96. The van der Waals surface area contributed by atoms with E-state index in [-0.39, 0.29) is 24.3 Å². The molecule has 0 aromatic carbocycles. The number of ether oxygens (including phenoxy) is 1. The van der Waals surface area contributed by atoms with Crippen molar-refractivity contribution in [1.29, 1.82) is 0 Å². The summed E-state index contributed by atoms with van der Waals surface area (Å²) in [4.78, 5) is 32.0. The molecule has 0 aliphatic carbocycles. The molecule has 0 atom stereocenters. The summed E-state index contributed by atoms with van der Waals surface area (Å²) in [6.45, 7) is 1.62. The molecule has 2 amide bonds. The van der Waals surface area contributed by atoms with Crippen molar-refractivity contribution in [2.24, 2.45) is 5.92 Å². The Morgan fingerprint density at radius 3 is 2.67 bits per heavy atom. The lowest BCUT2D eigenvalue weighted by molar-refractivity contribution is -0.142. The molecule has 144 valence electrons. The third-order valence-corrected chi connectivity index (χ3v) is 4.77. The van der Waals surface area contributed by atoms with Gasteiger partial charge in [-0.2, -0.15) is 0 Å². The number of carbonyl (C=O) groups excluding carboxylic acids is 2. The summed E-state index contributed by atoms with van der Waals surface area (Å²) in [6.07, 6.45) is 4.72. The SMILES string of the molecule is COCC(=O)N1CCC(C(=O)N(C)Cc2cc(-c3ccncc3)no2)CC1. The van der Waals surface area contributed by atoms with Gasteiger partial charge in [0.15, 0.2) is 5.76 Å². The Labute approximate surface area is 158 Å². The van der Waals surface area contributed by atoms with Crippen LogP contribution in [0.4, 0.5) is 0 Å². The normalized spacial score (nSPS) is 15.0. The Morgan fingerprint density at radius 2 is 2.00 bits per heavy atom. The molecule has 1 aliphatic rings. The molecule has 3 rings (SSSR count). The van der Waals surface area contributed by atoms with Crippen LogP contribution in [0, 0.1) is 5.92 Å². The van der Waals surface area contributed by atoms with Gasteiger partial charge in [0.05, 0.1) is 6.54 Å². The van der Waals surface area contributed by atoms with Crippen LogP contribution in [0.5, 0.6) is 0 Å². The summed E-state index contributed by atoms with van der Waals surface area (Å²) in [5.41, 5.74) is 1.64. The lowest BCUT2D eigenvalue weighted by atomic mass is 9.95. The van der Waals surface area contributed by atoms with E-state index < -0.39 is 0 Å². The summed E-state index contributed by atoms with van der Waals surface area (Å²) in [6, 6.07) is 5.55. The zero-order chi connectivity index (χ0) is 19.2. The number of hydrogen-bond acceptors (Lipinski definition) is 6. The van der Waals surface area contributed by atoms with Crippen LogP contribution in [0.2, 0.25) is 0 Å². The Kier molecular flexibility index (Phi) is 6.18. The van der Waals surface area contributed by atoms with Gasteiger partial charge in [0.2, 0.25) is 11.8 Å². The van der Waals surface area contributed by atoms with Crippen LogP contribution in [0.15, 0.2) is 35.1 Å². The molecule has 3 heterocycles. The van der Waals surface area contributed by atoms with Crippen molar-refractivity contribution in [3.8, 4) is 11.3 Å². The average molecular weight is 372 g/mol. The number of pyridine rings is 1. The molecular weight excluding hydrogens is 348 g/mol. The second-order valence-electron chi connectivity index (χ2n) is 6.70. The first kappa shape index (κ1) is 19.0. The van der Waals surface area contributed by atoms with E-state index in [1.165, 1.54) is 7.11 Å². The summed E-state index contributed by atoms with van der Waals surface area (Å²) >= 11 is 0. The van der Waals surface area contributed by atoms with Crippen molar-refractivity contribution in [2.45, 2.75) is 19.4 Å². The highest BCUT2D eigenvalue weighted by Gasteiger charge is 2.29. The van der Waals surface area contributed by atoms with E-state index in [0.29, 0.717) is 38.2 Å². The zero-order valence-electron chi connectivity index (χ0n) is 15.6. The predicted octanol–water partition coefficient (Wildman–Crippen LogP) is 1.58. The fourth-order valence-corrected chi connectivity index (χ4v) is 3.26. The minimum absolute atomic E-state index is 0.0259. The number of hydrogen-bond donors (Lipinski definition) is 0. The van der Waals surface area contributed by atoms with Gasteiger partial charge in [-0.05, 0) is 25.0 Å². The number of methoxy groups -OCH3 is 1. The van der Waals surface area contributed by atoms with Crippen LogP contribution in [0.3, 0.4) is 0 Å². The Bertz CT molecular complexity index is 769. The Hall–Kier alpha value is -2.74. The van der Waals surface area contributed by atoms with Gasteiger partial charge in [0.1, 0.15) is 12.3 Å². The molecule has 0 spiro atoms. The lowest BCUT2D eigenvalue weighted by Gasteiger charge is -2.32. The maximum absolute atomic E-state index is 12.7. The van der Waals surface area contributed by atoms with E-state index in [0.717, 1.165) is 11.3 Å². The standard InChI is InChI=1S/C19H24N4O4/c1-22(12-16-11-17(21-27-16)14-3-7-20-8-4-14)19(25)15-5-9-23(10-6-15)18(24)13-26-2/h3-4,7-8,11,15H,5-6,9-10,12-13H2,1-2H3. The van der Waals surface area contributed by atoms with Crippen molar-refractivity contribution < 1.29 is 18.8 Å².